The lowest BCUT2D eigenvalue weighted by Gasteiger charge is -2.25. The Kier molecular flexibility index (Phi) is 3.59. The number of halogens is 1. The second-order valence-corrected chi connectivity index (χ2v) is 7.45. The fourth-order valence-electron chi connectivity index (χ4n) is 2.47. The molecule has 1 aromatic rings. The normalized spacial score (nSPS) is 22.6. The zero-order chi connectivity index (χ0) is 15.2. The van der Waals surface area contributed by atoms with Crippen LogP contribution < -0.4 is 10.1 Å². The highest BCUT2D eigenvalue weighted by atomic mass is 35.5. The number of carbonyl (C=O) groups excluding carboxylic acids is 1. The second-order valence-electron chi connectivity index (χ2n) is 5.14. The van der Waals surface area contributed by atoms with E-state index in [4.69, 9.17) is 16.3 Å². The highest BCUT2D eigenvalue weighted by Gasteiger charge is 2.32. The van der Waals surface area contributed by atoms with Crippen molar-refractivity contribution < 1.29 is 17.9 Å². The summed E-state index contributed by atoms with van der Waals surface area (Å²) in [6.07, 6.45) is 1.04. The van der Waals surface area contributed by atoms with Crippen LogP contribution in [0.5, 0.6) is 5.75 Å². The van der Waals surface area contributed by atoms with Gasteiger partial charge in [0.1, 0.15) is 10.6 Å². The molecule has 3 rings (SSSR count). The maximum absolute atomic E-state index is 12.6. The number of hydrogen-bond acceptors (Lipinski definition) is 4. The Hall–Kier alpha value is -1.31. The van der Waals surface area contributed by atoms with Crippen LogP contribution in [-0.4, -0.2) is 37.8 Å². The van der Waals surface area contributed by atoms with Crippen LogP contribution in [0.25, 0.3) is 0 Å². The van der Waals surface area contributed by atoms with E-state index < -0.39 is 16.1 Å². The Labute approximate surface area is 128 Å². The Morgan fingerprint density at radius 1 is 1.33 bits per heavy atom. The Morgan fingerprint density at radius 3 is 2.67 bits per heavy atom. The van der Waals surface area contributed by atoms with Gasteiger partial charge in [-0.15, -0.1) is 0 Å². The van der Waals surface area contributed by atoms with Crippen LogP contribution in [0.1, 0.15) is 19.8 Å². The number of carbonyl (C=O) groups is 1. The van der Waals surface area contributed by atoms with E-state index in [2.05, 4.69) is 5.32 Å². The maximum atomic E-state index is 12.6. The summed E-state index contributed by atoms with van der Waals surface area (Å²) in [7, 11) is -3.63. The lowest BCUT2D eigenvalue weighted by molar-refractivity contribution is -0.122. The van der Waals surface area contributed by atoms with Gasteiger partial charge >= 0.3 is 0 Å². The highest BCUT2D eigenvalue weighted by molar-refractivity contribution is 7.89. The second kappa shape index (κ2) is 5.15. The van der Waals surface area contributed by atoms with Crippen molar-refractivity contribution in [3.8, 4) is 5.75 Å². The lowest BCUT2D eigenvalue weighted by Crippen LogP contribution is -2.34. The molecule has 6 nitrogen and oxygen atoms in total. The summed E-state index contributed by atoms with van der Waals surface area (Å²) in [5.41, 5.74) is 0.392. The molecule has 0 saturated carbocycles. The predicted octanol–water partition coefficient (Wildman–Crippen LogP) is 1.84. The van der Waals surface area contributed by atoms with Crippen LogP contribution in [0.15, 0.2) is 17.0 Å². The van der Waals surface area contributed by atoms with Gasteiger partial charge in [0.15, 0.2) is 6.10 Å². The molecule has 8 heteroatoms. The molecule has 1 atom stereocenters. The minimum Gasteiger partial charge on any atom is -0.479 e. The maximum Gasteiger partial charge on any atom is 0.265 e. The summed E-state index contributed by atoms with van der Waals surface area (Å²) < 4.78 is 32.0. The Bertz CT molecular complexity index is 698. The number of benzene rings is 1. The van der Waals surface area contributed by atoms with Gasteiger partial charge in [-0.1, -0.05) is 11.6 Å². The molecule has 1 N–H and O–H groups in total. The van der Waals surface area contributed by atoms with E-state index in [9.17, 15) is 13.2 Å². The Morgan fingerprint density at radius 2 is 2.00 bits per heavy atom. The summed E-state index contributed by atoms with van der Waals surface area (Å²) in [6, 6.07) is 2.81. The van der Waals surface area contributed by atoms with Crippen molar-refractivity contribution in [2.45, 2.75) is 30.8 Å². The van der Waals surface area contributed by atoms with Crippen LogP contribution in [-0.2, 0) is 14.8 Å². The molecule has 2 aliphatic rings. The standard InChI is InChI=1S/C13H15ClN2O4S/c1-8-13(17)15-10-6-9(14)12(7-11(10)20-8)21(18,19)16-4-2-3-5-16/h6-8H,2-5H2,1H3,(H,15,17). The van der Waals surface area contributed by atoms with E-state index >= 15 is 0 Å². The molecule has 0 bridgehead atoms. The van der Waals surface area contributed by atoms with Crippen LogP contribution in [0.3, 0.4) is 0 Å². The fraction of sp³-hybridized carbons (Fsp3) is 0.462. The van der Waals surface area contributed by atoms with E-state index in [1.54, 1.807) is 6.92 Å². The summed E-state index contributed by atoms with van der Waals surface area (Å²) in [6.45, 7) is 2.61. The number of ether oxygens (including phenoxy) is 1. The first-order valence-electron chi connectivity index (χ1n) is 6.71. The Balaban J connectivity index is 2.04. The number of nitrogens with zero attached hydrogens (tertiary/aromatic N) is 1. The molecule has 1 fully saturated rings. The van der Waals surface area contributed by atoms with E-state index in [1.165, 1.54) is 16.4 Å². The van der Waals surface area contributed by atoms with Gasteiger partial charge < -0.3 is 10.1 Å². The number of rotatable bonds is 2. The van der Waals surface area contributed by atoms with Gasteiger partial charge in [-0.25, -0.2) is 8.42 Å². The van der Waals surface area contributed by atoms with Crippen molar-refractivity contribution >= 4 is 33.2 Å². The molecule has 21 heavy (non-hydrogen) atoms. The van der Waals surface area contributed by atoms with Crippen molar-refractivity contribution in [2.75, 3.05) is 18.4 Å². The lowest BCUT2D eigenvalue weighted by atomic mass is 10.2. The third kappa shape index (κ3) is 2.49. The first-order chi connectivity index (χ1) is 9.89. The van der Waals surface area contributed by atoms with E-state index in [0.29, 0.717) is 24.5 Å². The molecule has 0 aliphatic carbocycles. The SMILES string of the molecule is CC1Oc2cc(S(=O)(=O)N3CCCC3)c(Cl)cc2NC1=O. The molecule has 1 unspecified atom stereocenters. The van der Waals surface area contributed by atoms with E-state index in [-0.39, 0.29) is 15.8 Å². The number of fused-ring (bicyclic) bond motifs is 1. The van der Waals surface area contributed by atoms with Crippen molar-refractivity contribution in [3.63, 3.8) is 0 Å². The monoisotopic (exact) mass is 330 g/mol. The number of nitrogens with one attached hydrogen (secondary N) is 1. The molecular formula is C13H15ClN2O4S. The van der Waals surface area contributed by atoms with Gasteiger partial charge in [-0.3, -0.25) is 4.79 Å². The van der Waals surface area contributed by atoms with E-state index in [1.807, 2.05) is 0 Å². The quantitative estimate of drug-likeness (QED) is 0.897. The molecule has 0 radical (unpaired) electrons. The third-order valence-corrected chi connectivity index (χ3v) is 6.01. The predicted molar refractivity (Wildman–Crippen MR) is 78.2 cm³/mol. The van der Waals surface area contributed by atoms with Gasteiger partial charge in [0.05, 0.1) is 10.7 Å². The molecule has 2 aliphatic heterocycles. The molecule has 0 spiro atoms. The van der Waals surface area contributed by atoms with Crippen molar-refractivity contribution in [1.29, 1.82) is 0 Å². The minimum absolute atomic E-state index is 0.0214. The van der Waals surface area contributed by atoms with Gasteiger partial charge in [-0.05, 0) is 25.8 Å². The number of anilines is 1. The van der Waals surface area contributed by atoms with Crippen LogP contribution >= 0.6 is 11.6 Å². The summed E-state index contributed by atoms with van der Waals surface area (Å²) in [4.78, 5) is 11.6. The van der Waals surface area contributed by atoms with Gasteiger partial charge in [0.25, 0.3) is 5.91 Å². The van der Waals surface area contributed by atoms with Crippen LogP contribution in [0, 0.1) is 0 Å². The van der Waals surface area contributed by atoms with Crippen LogP contribution in [0.2, 0.25) is 5.02 Å². The summed E-state index contributed by atoms with van der Waals surface area (Å²) >= 11 is 6.10. The molecule has 1 amide bonds. The van der Waals surface area contributed by atoms with Gasteiger partial charge in [-0.2, -0.15) is 4.31 Å². The zero-order valence-electron chi connectivity index (χ0n) is 11.4. The largest absolute Gasteiger partial charge is 0.479 e. The number of hydrogen-bond donors (Lipinski definition) is 1. The number of amides is 1. The first kappa shape index (κ1) is 14.6. The molecule has 0 aromatic heterocycles. The average Bonchev–Trinajstić information content (AvgIpc) is 2.94. The van der Waals surface area contributed by atoms with Gasteiger partial charge in [0, 0.05) is 19.2 Å². The van der Waals surface area contributed by atoms with Crippen molar-refractivity contribution in [1.82, 2.24) is 4.31 Å². The molecule has 1 aromatic carbocycles. The van der Waals surface area contributed by atoms with Crippen molar-refractivity contribution in [3.05, 3.63) is 17.2 Å². The third-order valence-electron chi connectivity index (χ3n) is 3.65. The molecular weight excluding hydrogens is 316 g/mol. The van der Waals surface area contributed by atoms with Crippen LogP contribution in [0.4, 0.5) is 5.69 Å². The fourth-order valence-corrected chi connectivity index (χ4v) is 4.51. The van der Waals surface area contributed by atoms with Gasteiger partial charge in [0.2, 0.25) is 10.0 Å². The molecule has 2 heterocycles. The first-order valence-corrected chi connectivity index (χ1v) is 8.52. The summed E-state index contributed by atoms with van der Waals surface area (Å²) in [5.74, 6) is 0.0398. The minimum atomic E-state index is -3.63. The molecule has 114 valence electrons. The highest BCUT2D eigenvalue weighted by Crippen LogP contribution is 2.38. The topological polar surface area (TPSA) is 75.7 Å². The number of sulfonamides is 1. The zero-order valence-corrected chi connectivity index (χ0v) is 13.0. The van der Waals surface area contributed by atoms with Crippen molar-refractivity contribution in [2.24, 2.45) is 0 Å². The average molecular weight is 331 g/mol. The van der Waals surface area contributed by atoms with E-state index in [0.717, 1.165) is 12.8 Å². The molecule has 1 saturated heterocycles. The smallest absolute Gasteiger partial charge is 0.265 e. The summed E-state index contributed by atoms with van der Waals surface area (Å²) in [5, 5.41) is 2.72.